The molecule has 0 aromatic heterocycles. The van der Waals surface area contributed by atoms with E-state index in [4.69, 9.17) is 9.47 Å². The second-order valence-corrected chi connectivity index (χ2v) is 8.62. The average molecular weight is 522 g/mol. The predicted molar refractivity (Wildman–Crippen MR) is 146 cm³/mol. The molecule has 0 radical (unpaired) electrons. The van der Waals surface area contributed by atoms with Gasteiger partial charge >= 0.3 is 0 Å². The van der Waals surface area contributed by atoms with E-state index >= 15 is 0 Å². The van der Waals surface area contributed by atoms with Crippen LogP contribution in [0.1, 0.15) is 24.1 Å². The van der Waals surface area contributed by atoms with Gasteiger partial charge in [0.15, 0.2) is 11.5 Å². The molecule has 0 saturated carbocycles. The molecule has 3 aromatic rings. The lowest BCUT2D eigenvalue weighted by molar-refractivity contribution is 0.103. The summed E-state index contributed by atoms with van der Waals surface area (Å²) >= 11 is 0. The highest BCUT2D eigenvalue weighted by molar-refractivity contribution is 5.85. The minimum Gasteiger partial charge on any atom is -0.493 e. The maximum Gasteiger partial charge on any atom is 0.160 e. The first-order valence-electron chi connectivity index (χ1n) is 11.6. The average Bonchev–Trinajstić information content (AvgIpc) is 2.87. The van der Waals surface area contributed by atoms with E-state index in [2.05, 4.69) is 53.1 Å². The molecule has 4 rings (SSSR count). The molecular weight excluding hydrogens is 486 g/mol. The van der Waals surface area contributed by atoms with E-state index in [1.165, 1.54) is 23.3 Å². The van der Waals surface area contributed by atoms with E-state index in [9.17, 15) is 4.39 Å². The van der Waals surface area contributed by atoms with Crippen molar-refractivity contribution in [1.82, 2.24) is 9.80 Å². The minimum atomic E-state index is -0.202. The van der Waals surface area contributed by atoms with Gasteiger partial charge in [0, 0.05) is 38.8 Å². The Morgan fingerprint density at radius 2 is 1.34 bits per heavy atom. The maximum atomic E-state index is 13.2. The standard InChI is InChI=1S/C28H33FN2O2.2ClH/c1-21(23-5-7-24(8-6-23)25-9-11-26(29)12-10-25)31-18-16-30(17-19-31)15-14-22-4-13-27(32-2)28(20-22)33-3;;/h4-13,20-21H,14-19H2,1-3H3;2*1H. The summed E-state index contributed by atoms with van der Waals surface area (Å²) in [6.45, 7) is 7.60. The first kappa shape index (κ1) is 28.9. The van der Waals surface area contributed by atoms with E-state index in [1.807, 2.05) is 18.2 Å². The Morgan fingerprint density at radius 1 is 0.771 bits per heavy atom. The highest BCUT2D eigenvalue weighted by atomic mass is 35.5. The second-order valence-electron chi connectivity index (χ2n) is 8.62. The molecule has 1 atom stereocenters. The Labute approximate surface area is 220 Å². The lowest BCUT2D eigenvalue weighted by Crippen LogP contribution is -2.47. The van der Waals surface area contributed by atoms with Crippen LogP contribution in [0.25, 0.3) is 11.1 Å². The van der Waals surface area contributed by atoms with Crippen LogP contribution in [0.4, 0.5) is 4.39 Å². The fourth-order valence-corrected chi connectivity index (χ4v) is 4.50. The van der Waals surface area contributed by atoms with Crippen molar-refractivity contribution in [2.24, 2.45) is 0 Å². The van der Waals surface area contributed by atoms with Crippen LogP contribution in [-0.4, -0.2) is 56.7 Å². The molecular formula is C28H35Cl2FN2O2. The Kier molecular flexibility index (Phi) is 11.3. The smallest absolute Gasteiger partial charge is 0.160 e. The van der Waals surface area contributed by atoms with E-state index < -0.39 is 0 Å². The molecule has 4 nitrogen and oxygen atoms in total. The maximum absolute atomic E-state index is 13.2. The summed E-state index contributed by atoms with van der Waals surface area (Å²) < 4.78 is 23.9. The highest BCUT2D eigenvalue weighted by Gasteiger charge is 2.22. The van der Waals surface area contributed by atoms with Crippen LogP contribution in [0.15, 0.2) is 66.7 Å². The van der Waals surface area contributed by atoms with Gasteiger partial charge in [-0.25, -0.2) is 4.39 Å². The molecule has 1 saturated heterocycles. The van der Waals surface area contributed by atoms with Crippen molar-refractivity contribution in [3.8, 4) is 22.6 Å². The van der Waals surface area contributed by atoms with Crippen molar-refractivity contribution in [2.45, 2.75) is 19.4 Å². The number of methoxy groups -OCH3 is 2. The zero-order valence-corrected chi connectivity index (χ0v) is 22.2. The fraction of sp³-hybridized carbons (Fsp3) is 0.357. The number of piperazine rings is 1. The molecule has 7 heteroatoms. The quantitative estimate of drug-likeness (QED) is 0.349. The third-order valence-electron chi connectivity index (χ3n) is 6.69. The number of rotatable bonds is 8. The molecule has 0 bridgehead atoms. The van der Waals surface area contributed by atoms with Crippen LogP contribution in [0.5, 0.6) is 11.5 Å². The molecule has 3 aromatic carbocycles. The van der Waals surface area contributed by atoms with Gasteiger partial charge < -0.3 is 14.4 Å². The predicted octanol–water partition coefficient (Wildman–Crippen LogP) is 6.27. The molecule has 190 valence electrons. The molecule has 1 unspecified atom stereocenters. The molecule has 0 N–H and O–H groups in total. The topological polar surface area (TPSA) is 24.9 Å². The van der Waals surface area contributed by atoms with Crippen LogP contribution in [0.2, 0.25) is 0 Å². The zero-order chi connectivity index (χ0) is 23.2. The Balaban J connectivity index is 0.00000216. The number of nitrogens with zero attached hydrogens (tertiary/aromatic N) is 2. The van der Waals surface area contributed by atoms with E-state index in [0.717, 1.165) is 61.8 Å². The summed E-state index contributed by atoms with van der Waals surface area (Å²) in [5.41, 5.74) is 4.74. The van der Waals surface area contributed by atoms with E-state index in [0.29, 0.717) is 6.04 Å². The number of hydrogen-bond acceptors (Lipinski definition) is 4. The molecule has 1 fully saturated rings. The summed E-state index contributed by atoms with van der Waals surface area (Å²) in [7, 11) is 3.34. The van der Waals surface area contributed by atoms with Crippen LogP contribution >= 0.6 is 24.8 Å². The van der Waals surface area contributed by atoms with Gasteiger partial charge in [0.2, 0.25) is 0 Å². The van der Waals surface area contributed by atoms with Crippen molar-refractivity contribution in [2.75, 3.05) is 46.9 Å². The number of benzene rings is 3. The first-order valence-corrected chi connectivity index (χ1v) is 11.6. The Hall–Kier alpha value is -2.31. The summed E-state index contributed by atoms with van der Waals surface area (Å²) in [5, 5.41) is 0. The number of ether oxygens (including phenoxy) is 2. The van der Waals surface area contributed by atoms with Crippen molar-refractivity contribution in [3.63, 3.8) is 0 Å². The zero-order valence-electron chi connectivity index (χ0n) is 20.6. The van der Waals surface area contributed by atoms with Gasteiger partial charge in [-0.05, 0) is 59.9 Å². The van der Waals surface area contributed by atoms with Crippen LogP contribution in [-0.2, 0) is 6.42 Å². The third-order valence-corrected chi connectivity index (χ3v) is 6.69. The largest absolute Gasteiger partial charge is 0.493 e. The normalized spacial score (nSPS) is 15.0. The van der Waals surface area contributed by atoms with Gasteiger partial charge in [-0.2, -0.15) is 0 Å². The Morgan fingerprint density at radius 3 is 1.91 bits per heavy atom. The van der Waals surface area contributed by atoms with Gasteiger partial charge in [-0.15, -0.1) is 24.8 Å². The van der Waals surface area contributed by atoms with E-state index in [-0.39, 0.29) is 30.6 Å². The lowest BCUT2D eigenvalue weighted by Gasteiger charge is -2.38. The monoisotopic (exact) mass is 520 g/mol. The SMILES string of the molecule is COc1ccc(CCN2CCN(C(C)c3ccc(-c4ccc(F)cc4)cc3)CC2)cc1OC.Cl.Cl. The highest BCUT2D eigenvalue weighted by Crippen LogP contribution is 2.28. The van der Waals surface area contributed by atoms with Gasteiger partial charge in [-0.3, -0.25) is 4.90 Å². The van der Waals surface area contributed by atoms with Crippen molar-refractivity contribution in [1.29, 1.82) is 0 Å². The van der Waals surface area contributed by atoms with Gasteiger partial charge in [-0.1, -0.05) is 42.5 Å². The van der Waals surface area contributed by atoms with Gasteiger partial charge in [0.25, 0.3) is 0 Å². The van der Waals surface area contributed by atoms with Crippen molar-refractivity contribution in [3.05, 3.63) is 83.7 Å². The molecule has 1 aliphatic rings. The molecule has 0 spiro atoms. The van der Waals surface area contributed by atoms with Crippen LogP contribution < -0.4 is 9.47 Å². The molecule has 0 aliphatic carbocycles. The summed E-state index contributed by atoms with van der Waals surface area (Å²) in [5.74, 6) is 1.36. The molecule has 1 heterocycles. The van der Waals surface area contributed by atoms with Crippen molar-refractivity contribution >= 4 is 24.8 Å². The summed E-state index contributed by atoms with van der Waals surface area (Å²) in [6.07, 6.45) is 1.00. The molecule has 1 aliphatic heterocycles. The Bertz CT molecular complexity index is 1040. The van der Waals surface area contributed by atoms with Crippen molar-refractivity contribution < 1.29 is 13.9 Å². The molecule has 35 heavy (non-hydrogen) atoms. The van der Waals surface area contributed by atoms with Gasteiger partial charge in [0.05, 0.1) is 14.2 Å². The minimum absolute atomic E-state index is 0. The molecule has 0 amide bonds. The number of halogens is 3. The first-order chi connectivity index (χ1) is 16.1. The lowest BCUT2D eigenvalue weighted by atomic mass is 10.0. The summed E-state index contributed by atoms with van der Waals surface area (Å²) in [4.78, 5) is 5.09. The van der Waals surface area contributed by atoms with Crippen LogP contribution in [0, 0.1) is 5.82 Å². The fourth-order valence-electron chi connectivity index (χ4n) is 4.50. The second kappa shape index (κ2) is 13.7. The van der Waals surface area contributed by atoms with E-state index in [1.54, 1.807) is 14.2 Å². The van der Waals surface area contributed by atoms with Crippen LogP contribution in [0.3, 0.4) is 0 Å². The number of hydrogen-bond donors (Lipinski definition) is 0. The van der Waals surface area contributed by atoms with Gasteiger partial charge in [0.1, 0.15) is 5.82 Å². The third kappa shape index (κ3) is 7.34. The summed E-state index contributed by atoms with van der Waals surface area (Å²) in [6, 6.07) is 21.9.